The summed E-state index contributed by atoms with van der Waals surface area (Å²) < 4.78 is 10.6. The number of hydrogen-bond acceptors (Lipinski definition) is 3. The van der Waals surface area contributed by atoms with Crippen molar-refractivity contribution in [3.8, 4) is 0 Å². The molecule has 1 saturated carbocycles. The largest absolute Gasteiger partial charge is 0.390 e. The van der Waals surface area contributed by atoms with Gasteiger partial charge in [0.25, 0.3) is 0 Å². The van der Waals surface area contributed by atoms with Gasteiger partial charge in [-0.2, -0.15) is 0 Å². The summed E-state index contributed by atoms with van der Waals surface area (Å²) in [4.78, 5) is 0. The van der Waals surface area contributed by atoms with Gasteiger partial charge in [-0.1, -0.05) is 0 Å². The Labute approximate surface area is 66.3 Å². The first-order valence-electron chi connectivity index (χ1n) is 4.27. The minimum atomic E-state index is -0.226. The second-order valence-corrected chi connectivity index (χ2v) is 3.33. The lowest BCUT2D eigenvalue weighted by molar-refractivity contribution is -0.169. The van der Waals surface area contributed by atoms with E-state index in [1.165, 1.54) is 0 Å². The highest BCUT2D eigenvalue weighted by Crippen LogP contribution is 2.24. The molecule has 0 bridgehead atoms. The van der Waals surface area contributed by atoms with Crippen LogP contribution in [0.15, 0.2) is 0 Å². The summed E-state index contributed by atoms with van der Waals surface area (Å²) in [6.07, 6.45) is 3.13. The van der Waals surface area contributed by atoms with Gasteiger partial charge < -0.3 is 14.6 Å². The molecule has 0 spiro atoms. The molecule has 2 rings (SSSR count). The fourth-order valence-corrected chi connectivity index (χ4v) is 1.61. The number of ether oxygens (including phenoxy) is 2. The normalized spacial score (nSPS) is 39.0. The Morgan fingerprint density at radius 3 is 2.55 bits per heavy atom. The van der Waals surface area contributed by atoms with Gasteiger partial charge in [-0.25, -0.2) is 0 Å². The lowest BCUT2D eigenvalue weighted by atomic mass is 10.2. The summed E-state index contributed by atoms with van der Waals surface area (Å²) in [5.74, 6) is 0. The minimum Gasteiger partial charge on any atom is -0.390 e. The summed E-state index contributed by atoms with van der Waals surface area (Å²) in [6.45, 7) is 1.42. The van der Waals surface area contributed by atoms with Crippen LogP contribution in [0.4, 0.5) is 0 Å². The third kappa shape index (κ3) is 1.55. The van der Waals surface area contributed by atoms with Crippen molar-refractivity contribution >= 4 is 0 Å². The molecule has 2 fully saturated rings. The molecular weight excluding hydrogens is 144 g/mol. The van der Waals surface area contributed by atoms with Crippen LogP contribution >= 0.6 is 0 Å². The van der Waals surface area contributed by atoms with E-state index in [0.29, 0.717) is 13.2 Å². The molecule has 0 aromatic carbocycles. The fraction of sp³-hybridized carbons (Fsp3) is 1.00. The zero-order valence-corrected chi connectivity index (χ0v) is 6.53. The molecule has 2 aliphatic rings. The van der Waals surface area contributed by atoms with Crippen molar-refractivity contribution < 1.29 is 14.6 Å². The molecule has 11 heavy (non-hydrogen) atoms. The Morgan fingerprint density at radius 2 is 2.09 bits per heavy atom. The average molecular weight is 158 g/mol. The first-order valence-corrected chi connectivity index (χ1v) is 4.27. The summed E-state index contributed by atoms with van der Waals surface area (Å²) in [5.41, 5.74) is 0. The Hall–Kier alpha value is -0.120. The van der Waals surface area contributed by atoms with Crippen LogP contribution in [0.5, 0.6) is 0 Å². The fourth-order valence-electron chi connectivity index (χ4n) is 1.61. The monoisotopic (exact) mass is 158 g/mol. The molecule has 1 heterocycles. The van der Waals surface area contributed by atoms with Crippen LogP contribution in [0.25, 0.3) is 0 Å². The third-order valence-electron chi connectivity index (χ3n) is 2.39. The SMILES string of the molecule is OC1CCCC1OC1COC1. The van der Waals surface area contributed by atoms with Gasteiger partial charge in [-0.3, -0.25) is 0 Å². The first kappa shape index (κ1) is 7.53. The number of hydrogen-bond donors (Lipinski definition) is 1. The van der Waals surface area contributed by atoms with Gasteiger partial charge in [0.15, 0.2) is 0 Å². The van der Waals surface area contributed by atoms with Gasteiger partial charge in [0, 0.05) is 0 Å². The summed E-state index contributed by atoms with van der Waals surface area (Å²) in [7, 11) is 0. The summed E-state index contributed by atoms with van der Waals surface area (Å²) >= 11 is 0. The lowest BCUT2D eigenvalue weighted by Gasteiger charge is -2.30. The second-order valence-electron chi connectivity index (χ2n) is 3.33. The van der Waals surface area contributed by atoms with Crippen molar-refractivity contribution in [2.24, 2.45) is 0 Å². The maximum atomic E-state index is 9.39. The molecule has 1 saturated heterocycles. The van der Waals surface area contributed by atoms with Crippen molar-refractivity contribution in [3.63, 3.8) is 0 Å². The van der Waals surface area contributed by atoms with Crippen LogP contribution < -0.4 is 0 Å². The highest BCUT2D eigenvalue weighted by molar-refractivity contribution is 4.79. The smallest absolute Gasteiger partial charge is 0.105 e. The predicted molar refractivity (Wildman–Crippen MR) is 39.3 cm³/mol. The highest BCUT2D eigenvalue weighted by atomic mass is 16.6. The molecule has 3 heteroatoms. The maximum absolute atomic E-state index is 9.39. The summed E-state index contributed by atoms with van der Waals surface area (Å²) in [6, 6.07) is 0. The van der Waals surface area contributed by atoms with Gasteiger partial charge in [0.2, 0.25) is 0 Å². The standard InChI is InChI=1S/C8H14O3/c9-7-2-1-3-8(7)11-6-4-10-5-6/h6-9H,1-5H2. The quantitative estimate of drug-likeness (QED) is 0.628. The van der Waals surface area contributed by atoms with Crippen LogP contribution in [-0.2, 0) is 9.47 Å². The van der Waals surface area contributed by atoms with E-state index in [1.807, 2.05) is 0 Å². The molecule has 0 aromatic rings. The van der Waals surface area contributed by atoms with E-state index in [-0.39, 0.29) is 18.3 Å². The van der Waals surface area contributed by atoms with Gasteiger partial charge in [0.1, 0.15) is 6.10 Å². The topological polar surface area (TPSA) is 38.7 Å². The van der Waals surface area contributed by atoms with Crippen LogP contribution in [0.2, 0.25) is 0 Å². The molecule has 1 aliphatic heterocycles. The molecular formula is C8H14O3. The molecule has 0 amide bonds. The Kier molecular flexibility index (Phi) is 2.11. The van der Waals surface area contributed by atoms with Crippen LogP contribution in [0, 0.1) is 0 Å². The van der Waals surface area contributed by atoms with Crippen LogP contribution in [0.3, 0.4) is 0 Å². The second kappa shape index (κ2) is 3.09. The number of rotatable bonds is 2. The van der Waals surface area contributed by atoms with E-state index in [2.05, 4.69) is 0 Å². The van der Waals surface area contributed by atoms with E-state index in [1.54, 1.807) is 0 Å². The van der Waals surface area contributed by atoms with E-state index in [4.69, 9.17) is 9.47 Å². The third-order valence-corrected chi connectivity index (χ3v) is 2.39. The Morgan fingerprint density at radius 1 is 1.27 bits per heavy atom. The van der Waals surface area contributed by atoms with Crippen LogP contribution in [-0.4, -0.2) is 36.6 Å². The maximum Gasteiger partial charge on any atom is 0.105 e. The Balaban J connectivity index is 1.75. The summed E-state index contributed by atoms with van der Waals surface area (Å²) in [5, 5.41) is 9.39. The lowest BCUT2D eigenvalue weighted by Crippen LogP contribution is -2.41. The van der Waals surface area contributed by atoms with Gasteiger partial charge in [-0.05, 0) is 19.3 Å². The predicted octanol–water partition coefficient (Wildman–Crippen LogP) is 0.315. The molecule has 2 atom stereocenters. The Bertz CT molecular complexity index is 133. The van der Waals surface area contributed by atoms with E-state index < -0.39 is 0 Å². The molecule has 2 unspecified atom stereocenters. The van der Waals surface area contributed by atoms with Gasteiger partial charge in [0.05, 0.1) is 25.4 Å². The average Bonchev–Trinajstić information content (AvgIpc) is 2.27. The van der Waals surface area contributed by atoms with E-state index in [0.717, 1.165) is 19.3 Å². The minimum absolute atomic E-state index is 0.0869. The molecule has 0 radical (unpaired) electrons. The molecule has 1 N–H and O–H groups in total. The molecule has 3 nitrogen and oxygen atoms in total. The van der Waals surface area contributed by atoms with Crippen molar-refractivity contribution in [1.29, 1.82) is 0 Å². The van der Waals surface area contributed by atoms with Crippen molar-refractivity contribution in [3.05, 3.63) is 0 Å². The van der Waals surface area contributed by atoms with Crippen molar-refractivity contribution in [2.45, 2.75) is 37.6 Å². The van der Waals surface area contributed by atoms with Gasteiger partial charge >= 0.3 is 0 Å². The van der Waals surface area contributed by atoms with E-state index in [9.17, 15) is 5.11 Å². The number of aliphatic hydroxyl groups excluding tert-OH is 1. The molecule has 64 valence electrons. The molecule has 1 aliphatic carbocycles. The van der Waals surface area contributed by atoms with Crippen molar-refractivity contribution in [1.82, 2.24) is 0 Å². The zero-order valence-electron chi connectivity index (χ0n) is 6.53. The van der Waals surface area contributed by atoms with Crippen molar-refractivity contribution in [2.75, 3.05) is 13.2 Å². The molecule has 0 aromatic heterocycles. The number of aliphatic hydroxyl groups is 1. The van der Waals surface area contributed by atoms with Gasteiger partial charge in [-0.15, -0.1) is 0 Å². The van der Waals surface area contributed by atoms with Crippen LogP contribution in [0.1, 0.15) is 19.3 Å². The highest BCUT2D eigenvalue weighted by Gasteiger charge is 2.31. The zero-order chi connectivity index (χ0) is 7.68. The first-order chi connectivity index (χ1) is 5.36. The van der Waals surface area contributed by atoms with E-state index >= 15 is 0 Å².